The summed E-state index contributed by atoms with van der Waals surface area (Å²) < 4.78 is 5.08. The Morgan fingerprint density at radius 1 is 1.37 bits per heavy atom. The molecule has 0 aromatic carbocycles. The Bertz CT molecular complexity index is 290. The summed E-state index contributed by atoms with van der Waals surface area (Å²) in [7, 11) is 5.92. The number of nitrogens with one attached hydrogen (secondary N) is 1. The van der Waals surface area contributed by atoms with Crippen LogP contribution in [0.2, 0.25) is 0 Å². The Hall–Kier alpha value is -0.610. The summed E-state index contributed by atoms with van der Waals surface area (Å²) in [5.41, 5.74) is -0.346. The molecule has 2 atom stereocenters. The quantitative estimate of drug-likeness (QED) is 0.803. The lowest BCUT2D eigenvalue weighted by molar-refractivity contribution is -0.131. The highest BCUT2D eigenvalue weighted by molar-refractivity contribution is 5.82. The fourth-order valence-electron chi connectivity index (χ4n) is 2.62. The zero-order chi connectivity index (χ0) is 14.5. The maximum absolute atomic E-state index is 12.3. The SMILES string of the molecule is COCCC(C)(C)C(=O)NC1CCCC(N(C)C)C1. The molecule has 0 aromatic rings. The van der Waals surface area contributed by atoms with E-state index in [1.165, 1.54) is 12.8 Å². The zero-order valence-corrected chi connectivity index (χ0v) is 13.2. The largest absolute Gasteiger partial charge is 0.385 e. The van der Waals surface area contributed by atoms with Crippen molar-refractivity contribution in [2.45, 2.75) is 58.0 Å². The Morgan fingerprint density at radius 2 is 2.05 bits per heavy atom. The minimum atomic E-state index is -0.346. The van der Waals surface area contributed by atoms with Crippen LogP contribution in [0.4, 0.5) is 0 Å². The second kappa shape index (κ2) is 7.25. The van der Waals surface area contributed by atoms with Crippen molar-refractivity contribution >= 4 is 5.91 Å². The van der Waals surface area contributed by atoms with Gasteiger partial charge in [-0.2, -0.15) is 0 Å². The molecule has 1 saturated carbocycles. The lowest BCUT2D eigenvalue weighted by Gasteiger charge is -2.35. The van der Waals surface area contributed by atoms with Gasteiger partial charge in [0.1, 0.15) is 0 Å². The van der Waals surface area contributed by atoms with Crippen molar-refractivity contribution in [3.63, 3.8) is 0 Å². The van der Waals surface area contributed by atoms with Crippen molar-refractivity contribution < 1.29 is 9.53 Å². The van der Waals surface area contributed by atoms with Gasteiger partial charge in [0, 0.05) is 31.2 Å². The summed E-state index contributed by atoms with van der Waals surface area (Å²) in [6, 6.07) is 0.927. The molecule has 4 nitrogen and oxygen atoms in total. The average molecular weight is 270 g/mol. The fourth-order valence-corrected chi connectivity index (χ4v) is 2.62. The van der Waals surface area contributed by atoms with Gasteiger partial charge in [0.25, 0.3) is 0 Å². The summed E-state index contributed by atoms with van der Waals surface area (Å²) in [6.07, 6.45) is 5.38. The van der Waals surface area contributed by atoms with Crippen molar-refractivity contribution in [2.24, 2.45) is 5.41 Å². The summed E-state index contributed by atoms with van der Waals surface area (Å²) in [5, 5.41) is 3.23. The first-order valence-corrected chi connectivity index (χ1v) is 7.33. The van der Waals surface area contributed by atoms with Crippen LogP contribution in [0.5, 0.6) is 0 Å². The second-order valence-corrected chi connectivity index (χ2v) is 6.58. The molecule has 1 fully saturated rings. The van der Waals surface area contributed by atoms with E-state index in [9.17, 15) is 4.79 Å². The highest BCUT2D eigenvalue weighted by Gasteiger charge is 2.31. The van der Waals surface area contributed by atoms with E-state index in [1.54, 1.807) is 7.11 Å². The second-order valence-electron chi connectivity index (χ2n) is 6.58. The number of hydrogen-bond acceptors (Lipinski definition) is 3. The van der Waals surface area contributed by atoms with E-state index in [0.717, 1.165) is 19.3 Å². The molecular weight excluding hydrogens is 240 g/mol. The van der Waals surface area contributed by atoms with E-state index in [0.29, 0.717) is 18.7 Å². The molecule has 0 aromatic heterocycles. The Morgan fingerprint density at radius 3 is 2.63 bits per heavy atom. The topological polar surface area (TPSA) is 41.6 Å². The van der Waals surface area contributed by atoms with Gasteiger partial charge in [-0.05, 0) is 46.2 Å². The van der Waals surface area contributed by atoms with E-state index in [1.807, 2.05) is 13.8 Å². The van der Waals surface area contributed by atoms with Gasteiger partial charge >= 0.3 is 0 Å². The summed E-state index contributed by atoms with van der Waals surface area (Å²) >= 11 is 0. The highest BCUT2D eigenvalue weighted by Crippen LogP contribution is 2.25. The van der Waals surface area contributed by atoms with Crippen LogP contribution in [0, 0.1) is 5.41 Å². The van der Waals surface area contributed by atoms with Crippen LogP contribution in [0.3, 0.4) is 0 Å². The third kappa shape index (κ3) is 5.11. The molecule has 1 aliphatic rings. The molecule has 1 aliphatic carbocycles. The third-order valence-corrected chi connectivity index (χ3v) is 4.26. The normalized spacial score (nSPS) is 24.5. The van der Waals surface area contributed by atoms with Crippen molar-refractivity contribution in [3.05, 3.63) is 0 Å². The van der Waals surface area contributed by atoms with Crippen LogP contribution in [0.25, 0.3) is 0 Å². The predicted molar refractivity (Wildman–Crippen MR) is 78.1 cm³/mol. The van der Waals surface area contributed by atoms with Crippen LogP contribution >= 0.6 is 0 Å². The van der Waals surface area contributed by atoms with Crippen LogP contribution in [-0.4, -0.2) is 50.7 Å². The fraction of sp³-hybridized carbons (Fsp3) is 0.933. The van der Waals surface area contributed by atoms with Crippen LogP contribution in [0.1, 0.15) is 46.0 Å². The lowest BCUT2D eigenvalue weighted by Crippen LogP contribution is -2.47. The molecular formula is C15H30N2O2. The highest BCUT2D eigenvalue weighted by atomic mass is 16.5. The molecule has 1 amide bonds. The first kappa shape index (κ1) is 16.4. The van der Waals surface area contributed by atoms with Gasteiger partial charge < -0.3 is 15.0 Å². The zero-order valence-electron chi connectivity index (χ0n) is 13.2. The Labute approximate surface area is 117 Å². The molecule has 0 radical (unpaired) electrons. The monoisotopic (exact) mass is 270 g/mol. The van der Waals surface area contributed by atoms with E-state index in [-0.39, 0.29) is 11.3 Å². The molecule has 0 spiro atoms. The van der Waals surface area contributed by atoms with Gasteiger partial charge in [-0.3, -0.25) is 4.79 Å². The number of carbonyl (C=O) groups excluding carboxylic acids is 1. The van der Waals surface area contributed by atoms with Gasteiger partial charge in [0.05, 0.1) is 0 Å². The molecule has 2 unspecified atom stereocenters. The summed E-state index contributed by atoms with van der Waals surface area (Å²) in [4.78, 5) is 14.6. The van der Waals surface area contributed by atoms with Crippen molar-refractivity contribution in [2.75, 3.05) is 27.8 Å². The minimum absolute atomic E-state index is 0.161. The number of hydrogen-bond donors (Lipinski definition) is 1. The number of nitrogens with zero attached hydrogens (tertiary/aromatic N) is 1. The summed E-state index contributed by atoms with van der Waals surface area (Å²) in [6.45, 7) is 4.62. The average Bonchev–Trinajstić information content (AvgIpc) is 2.36. The molecule has 0 bridgehead atoms. The number of carbonyl (C=O) groups is 1. The molecule has 19 heavy (non-hydrogen) atoms. The standard InChI is InChI=1S/C15H30N2O2/c1-15(2,9-10-19-5)14(18)16-12-7-6-8-13(11-12)17(3)4/h12-13H,6-11H2,1-5H3,(H,16,18). The van der Waals surface area contributed by atoms with Gasteiger partial charge in [-0.1, -0.05) is 13.8 Å². The summed E-state index contributed by atoms with van der Waals surface area (Å²) in [5.74, 6) is 0.161. The van der Waals surface area contributed by atoms with E-state index in [2.05, 4.69) is 24.3 Å². The van der Waals surface area contributed by atoms with E-state index < -0.39 is 0 Å². The van der Waals surface area contributed by atoms with Crippen LogP contribution < -0.4 is 5.32 Å². The first-order chi connectivity index (χ1) is 8.86. The number of methoxy groups -OCH3 is 1. The molecule has 112 valence electrons. The van der Waals surface area contributed by atoms with E-state index >= 15 is 0 Å². The predicted octanol–water partition coefficient (Wildman–Crippen LogP) is 2.04. The molecule has 0 saturated heterocycles. The molecule has 1 N–H and O–H groups in total. The van der Waals surface area contributed by atoms with Gasteiger partial charge in [0.15, 0.2) is 0 Å². The van der Waals surface area contributed by atoms with E-state index in [4.69, 9.17) is 4.74 Å². The van der Waals surface area contributed by atoms with Crippen LogP contribution in [0.15, 0.2) is 0 Å². The third-order valence-electron chi connectivity index (χ3n) is 4.26. The number of amides is 1. The van der Waals surface area contributed by atoms with Crippen molar-refractivity contribution in [1.29, 1.82) is 0 Å². The van der Waals surface area contributed by atoms with Gasteiger partial charge in [-0.25, -0.2) is 0 Å². The Balaban J connectivity index is 2.47. The Kier molecular flexibility index (Phi) is 6.27. The number of rotatable bonds is 6. The maximum atomic E-state index is 12.3. The molecule has 0 heterocycles. The smallest absolute Gasteiger partial charge is 0.225 e. The lowest BCUT2D eigenvalue weighted by atomic mass is 9.86. The molecule has 1 rings (SSSR count). The maximum Gasteiger partial charge on any atom is 0.225 e. The van der Waals surface area contributed by atoms with Gasteiger partial charge in [0.2, 0.25) is 5.91 Å². The first-order valence-electron chi connectivity index (χ1n) is 7.33. The van der Waals surface area contributed by atoms with Gasteiger partial charge in [-0.15, -0.1) is 0 Å². The minimum Gasteiger partial charge on any atom is -0.385 e. The van der Waals surface area contributed by atoms with Crippen molar-refractivity contribution in [3.8, 4) is 0 Å². The van der Waals surface area contributed by atoms with Crippen molar-refractivity contribution in [1.82, 2.24) is 10.2 Å². The van der Waals surface area contributed by atoms with Crippen LogP contribution in [-0.2, 0) is 9.53 Å². The number of ether oxygens (including phenoxy) is 1. The molecule has 4 heteroatoms. The molecule has 0 aliphatic heterocycles.